The number of carbonyl (C=O) groups is 3. The normalized spacial score (nSPS) is 18.4. The maximum absolute atomic E-state index is 13.4. The molecule has 1 atom stereocenters. The quantitative estimate of drug-likeness (QED) is 0.0835. The van der Waals surface area contributed by atoms with Crippen LogP contribution in [0.3, 0.4) is 0 Å². The Morgan fingerprint density at radius 2 is 0.976 bits per heavy atom. The van der Waals surface area contributed by atoms with Gasteiger partial charge in [0.2, 0.25) is 0 Å². The minimum atomic E-state index is -5.72. The zero-order valence-electron chi connectivity index (χ0n) is 26.7. The molecule has 1 aliphatic rings. The van der Waals surface area contributed by atoms with Crippen LogP contribution in [0.1, 0.15) is 168 Å². The van der Waals surface area contributed by atoms with Crippen LogP contribution in [-0.4, -0.2) is 70.6 Å². The SMILES string of the molecule is CCCCCCCCCC(=O)O[TeH]([TeH])(OC(=O)CCCCCCC)(OC(=O)CCCCCCC)C1([SiH3])CCCCO1. The predicted octanol–water partition coefficient (Wildman–Crippen LogP) is 6.30. The van der Waals surface area contributed by atoms with Crippen LogP contribution in [0.5, 0.6) is 0 Å². The molecule has 0 bridgehead atoms. The van der Waals surface area contributed by atoms with Crippen molar-refractivity contribution in [3.05, 3.63) is 0 Å². The van der Waals surface area contributed by atoms with Gasteiger partial charge in [-0.1, -0.05) is 0 Å². The van der Waals surface area contributed by atoms with E-state index in [0.717, 1.165) is 95.5 Å². The van der Waals surface area contributed by atoms with E-state index in [1.165, 1.54) is 25.7 Å². The molecule has 0 spiro atoms. The molecule has 0 N–H and O–H groups in total. The van der Waals surface area contributed by atoms with Gasteiger partial charge in [-0.3, -0.25) is 0 Å². The zero-order chi connectivity index (χ0) is 30.5. The molecule has 1 heterocycles. The number of hydrogen-bond acceptors (Lipinski definition) is 7. The van der Waals surface area contributed by atoms with E-state index in [-0.39, 0.29) is 19.3 Å². The van der Waals surface area contributed by atoms with E-state index < -0.39 is 35.4 Å². The minimum absolute atomic E-state index is 0.231. The molecule has 1 saturated heterocycles. The molecule has 0 radical (unpaired) electrons. The number of hydrogen-bond donors (Lipinski definition) is 0. The molecule has 1 unspecified atom stereocenters. The summed E-state index contributed by atoms with van der Waals surface area (Å²) < 4.78 is 24.4. The average Bonchev–Trinajstić information content (AvgIpc) is 2.92. The van der Waals surface area contributed by atoms with E-state index in [2.05, 4.69) is 20.8 Å². The second-order valence-electron chi connectivity index (χ2n) is 11.9. The Morgan fingerprint density at radius 1 is 0.634 bits per heavy atom. The number of rotatable bonds is 24. The molecule has 0 aliphatic carbocycles. The van der Waals surface area contributed by atoms with Crippen molar-refractivity contribution in [1.29, 1.82) is 0 Å². The van der Waals surface area contributed by atoms with Gasteiger partial charge in [-0.05, 0) is 0 Å². The fourth-order valence-electron chi connectivity index (χ4n) is 5.21. The first-order valence-electron chi connectivity index (χ1n) is 16.7. The van der Waals surface area contributed by atoms with E-state index in [4.69, 9.17) is 14.0 Å². The summed E-state index contributed by atoms with van der Waals surface area (Å²) in [6.45, 7) is 7.01. The van der Waals surface area contributed by atoms with Gasteiger partial charge < -0.3 is 0 Å². The van der Waals surface area contributed by atoms with Crippen LogP contribution < -0.4 is 0 Å². The van der Waals surface area contributed by atoms with E-state index in [9.17, 15) is 14.4 Å². The summed E-state index contributed by atoms with van der Waals surface area (Å²) in [5, 5.41) is 0. The number of ether oxygens (including phenoxy) is 1. The molecule has 41 heavy (non-hydrogen) atoms. The van der Waals surface area contributed by atoms with Crippen LogP contribution >= 0.6 is 0 Å². The van der Waals surface area contributed by atoms with Gasteiger partial charge in [0, 0.05) is 0 Å². The van der Waals surface area contributed by atoms with Crippen molar-refractivity contribution < 1.29 is 28.4 Å². The second-order valence-corrected chi connectivity index (χ2v) is 38.3. The van der Waals surface area contributed by atoms with Gasteiger partial charge in [0.25, 0.3) is 0 Å². The summed E-state index contributed by atoms with van der Waals surface area (Å²) in [5.41, 5.74) is 0. The summed E-state index contributed by atoms with van der Waals surface area (Å²) >= 11 is -4.58. The van der Waals surface area contributed by atoms with E-state index in [1.54, 1.807) is 0 Å². The van der Waals surface area contributed by atoms with Gasteiger partial charge in [-0.2, -0.15) is 0 Å². The van der Waals surface area contributed by atoms with Crippen LogP contribution in [0.2, 0.25) is 0 Å². The van der Waals surface area contributed by atoms with Crippen molar-refractivity contribution in [2.75, 3.05) is 6.61 Å². The molecule has 0 aromatic rings. The third-order valence-electron chi connectivity index (χ3n) is 7.98. The summed E-state index contributed by atoms with van der Waals surface area (Å²) in [6.07, 6.45) is 20.6. The van der Waals surface area contributed by atoms with Crippen LogP contribution in [0.15, 0.2) is 0 Å². The Labute approximate surface area is 265 Å². The Bertz CT molecular complexity index is 731. The van der Waals surface area contributed by atoms with Crippen molar-refractivity contribution in [1.82, 2.24) is 0 Å². The molecule has 7 nitrogen and oxygen atoms in total. The van der Waals surface area contributed by atoms with Gasteiger partial charge in [-0.15, -0.1) is 0 Å². The molecule has 0 amide bonds. The van der Waals surface area contributed by atoms with Crippen molar-refractivity contribution in [2.24, 2.45) is 0 Å². The zero-order valence-corrected chi connectivity index (χ0v) is 33.8. The van der Waals surface area contributed by atoms with E-state index >= 15 is 0 Å². The Morgan fingerprint density at radius 3 is 1.29 bits per heavy atom. The molecule has 244 valence electrons. The fraction of sp³-hybridized carbons (Fsp3) is 0.903. The van der Waals surface area contributed by atoms with Crippen molar-refractivity contribution in [2.45, 2.75) is 172 Å². The summed E-state index contributed by atoms with van der Waals surface area (Å²) in [7, 11) is 0.446. The van der Waals surface area contributed by atoms with E-state index in [1.807, 2.05) is 0 Å². The maximum atomic E-state index is 13.4. The Hall–Kier alpha value is 0.166. The monoisotopic (exact) mass is 834 g/mol. The Balaban J connectivity index is 3.12. The van der Waals surface area contributed by atoms with Crippen LogP contribution in [0.4, 0.5) is 0 Å². The third kappa shape index (κ3) is 14.7. The number of carbonyl (C=O) groups excluding carboxylic acids is 3. The molecule has 0 aromatic carbocycles. The first-order chi connectivity index (χ1) is 19.6. The predicted molar refractivity (Wildman–Crippen MR) is 174 cm³/mol. The molecule has 1 aliphatic heterocycles. The third-order valence-corrected chi connectivity index (χ3v) is 44.3. The van der Waals surface area contributed by atoms with E-state index in [0.29, 0.717) is 42.5 Å². The first-order valence-corrected chi connectivity index (χ1v) is 30.9. The van der Waals surface area contributed by atoms with Gasteiger partial charge in [0.15, 0.2) is 0 Å². The summed E-state index contributed by atoms with van der Waals surface area (Å²) in [5.74, 6) is -1.27. The van der Waals surface area contributed by atoms with Gasteiger partial charge >= 0.3 is 268 Å². The topological polar surface area (TPSA) is 88.1 Å². The molecule has 0 saturated carbocycles. The molecular formula is C31H62O7SiTe2. The number of unbranched alkanes of at least 4 members (excludes halogenated alkanes) is 14. The average molecular weight is 830 g/mol. The van der Waals surface area contributed by atoms with Crippen molar-refractivity contribution in [3.63, 3.8) is 0 Å². The van der Waals surface area contributed by atoms with Crippen LogP contribution in [-0.2, 0) is 28.4 Å². The van der Waals surface area contributed by atoms with Gasteiger partial charge in [-0.25, -0.2) is 0 Å². The summed E-state index contributed by atoms with van der Waals surface area (Å²) in [4.78, 5) is 40.2. The van der Waals surface area contributed by atoms with Crippen molar-refractivity contribution in [3.8, 4) is 0 Å². The molecule has 1 fully saturated rings. The molecule has 0 aromatic heterocycles. The second kappa shape index (κ2) is 21.8. The first kappa shape index (κ1) is 39.2. The van der Waals surface area contributed by atoms with Gasteiger partial charge in [0.05, 0.1) is 0 Å². The molecular weight excluding hydrogens is 768 g/mol. The molecule has 1 rings (SSSR count). The standard InChI is InChI=1S/C31H62O7SiTe2/c1-4-7-10-13-14-17-20-25-30(34)38-41(40,31(39)26-21-22-27-35-31,36-28(32)23-18-15-11-8-5-2)37-29(33)24-19-16-12-9-6-3/h40-41H,4-27H2,1-3,39H3. The fourth-order valence-corrected chi connectivity index (χ4v) is 24.1. The van der Waals surface area contributed by atoms with Crippen LogP contribution in [0, 0.1) is 0 Å². The van der Waals surface area contributed by atoms with Gasteiger partial charge in [0.1, 0.15) is 0 Å². The van der Waals surface area contributed by atoms with Crippen LogP contribution in [0.25, 0.3) is 0 Å². The van der Waals surface area contributed by atoms with Crippen molar-refractivity contribution >= 4 is 60.8 Å². The summed E-state index contributed by atoms with van der Waals surface area (Å²) in [6, 6.07) is 0. The Kier molecular flexibility index (Phi) is 20.8. The molecule has 10 heteroatoms.